The fourth-order valence-electron chi connectivity index (χ4n) is 2.80. The van der Waals surface area contributed by atoms with E-state index >= 15 is 0 Å². The van der Waals surface area contributed by atoms with Crippen molar-refractivity contribution in [3.8, 4) is 12.3 Å². The van der Waals surface area contributed by atoms with Gasteiger partial charge in [0, 0.05) is 13.0 Å². The van der Waals surface area contributed by atoms with Crippen LogP contribution < -0.4 is 10.6 Å². The molecule has 0 aromatic carbocycles. The lowest BCUT2D eigenvalue weighted by Gasteiger charge is -2.23. The minimum absolute atomic E-state index is 0.0339. The van der Waals surface area contributed by atoms with Crippen LogP contribution in [0.25, 0.3) is 0 Å². The van der Waals surface area contributed by atoms with Crippen molar-refractivity contribution < 1.29 is 34.1 Å². The number of ether oxygens (including phenoxy) is 2. The first-order valence-corrected chi connectivity index (χ1v) is 8.65. The predicted molar refractivity (Wildman–Crippen MR) is 95.2 cm³/mol. The van der Waals surface area contributed by atoms with Gasteiger partial charge in [-0.1, -0.05) is 19.8 Å². The van der Waals surface area contributed by atoms with Crippen LogP contribution in [0.1, 0.15) is 33.1 Å². The molecule has 0 bridgehead atoms. The van der Waals surface area contributed by atoms with E-state index in [1.807, 2.05) is 0 Å². The number of aliphatic hydroxyl groups is 2. The van der Waals surface area contributed by atoms with Gasteiger partial charge in [0.05, 0.1) is 32.6 Å². The molecule has 152 valence electrons. The zero-order valence-electron chi connectivity index (χ0n) is 15.9. The molecular formula is C18H28N2O7. The van der Waals surface area contributed by atoms with Crippen molar-refractivity contribution >= 4 is 17.8 Å². The van der Waals surface area contributed by atoms with Gasteiger partial charge in [-0.05, 0) is 5.41 Å². The largest absolute Gasteiger partial charge is 0.469 e. The molecule has 1 fully saturated rings. The fourth-order valence-corrected chi connectivity index (χ4v) is 2.80. The molecule has 0 radical (unpaired) electrons. The summed E-state index contributed by atoms with van der Waals surface area (Å²) in [5, 5.41) is 25.1. The van der Waals surface area contributed by atoms with Crippen LogP contribution in [0.5, 0.6) is 0 Å². The Kier molecular flexibility index (Phi) is 8.69. The van der Waals surface area contributed by atoms with Crippen LogP contribution in [-0.2, 0) is 23.9 Å². The minimum Gasteiger partial charge on any atom is -0.469 e. The zero-order valence-corrected chi connectivity index (χ0v) is 15.9. The summed E-state index contributed by atoms with van der Waals surface area (Å²) < 4.78 is 10.1. The van der Waals surface area contributed by atoms with Crippen LogP contribution >= 0.6 is 0 Å². The fraction of sp³-hybridized carbons (Fsp3) is 0.722. The van der Waals surface area contributed by atoms with Gasteiger partial charge in [-0.25, -0.2) is 0 Å². The van der Waals surface area contributed by atoms with Crippen LogP contribution in [0, 0.1) is 17.8 Å². The van der Waals surface area contributed by atoms with E-state index in [0.29, 0.717) is 0 Å². The third kappa shape index (κ3) is 7.54. The van der Waals surface area contributed by atoms with Crippen LogP contribution in [0.2, 0.25) is 0 Å². The number of hydrogen-bond donors (Lipinski definition) is 4. The van der Waals surface area contributed by atoms with Crippen molar-refractivity contribution in [1.82, 2.24) is 10.6 Å². The van der Waals surface area contributed by atoms with Gasteiger partial charge in [0.25, 0.3) is 0 Å². The Bertz CT molecular complexity index is 585. The molecule has 1 heterocycles. The zero-order chi connectivity index (χ0) is 20.6. The molecule has 0 aromatic rings. The van der Waals surface area contributed by atoms with Crippen molar-refractivity contribution in [1.29, 1.82) is 0 Å². The van der Waals surface area contributed by atoms with Crippen molar-refractivity contribution in [2.24, 2.45) is 5.41 Å². The SMILES string of the molecule is C#CCNC(=O)C[C@@H]1O[C@H](CNC(=O)CC(C)(C)CC(=O)OC)[C@@H](O)[C@H]1O. The molecule has 0 aliphatic carbocycles. The number of terminal acetylenes is 1. The van der Waals surface area contributed by atoms with Crippen LogP contribution in [-0.4, -0.2) is 72.6 Å². The Morgan fingerprint density at radius 3 is 2.33 bits per heavy atom. The first kappa shape index (κ1) is 22.9. The number of carbonyl (C=O) groups excluding carboxylic acids is 3. The quantitative estimate of drug-likeness (QED) is 0.287. The average molecular weight is 384 g/mol. The van der Waals surface area contributed by atoms with Crippen molar-refractivity contribution in [2.75, 3.05) is 20.2 Å². The van der Waals surface area contributed by atoms with Gasteiger partial charge in [-0.2, -0.15) is 0 Å². The van der Waals surface area contributed by atoms with Gasteiger partial charge in [0.15, 0.2) is 0 Å². The van der Waals surface area contributed by atoms with E-state index in [1.54, 1.807) is 13.8 Å². The number of rotatable bonds is 9. The summed E-state index contributed by atoms with van der Waals surface area (Å²) >= 11 is 0. The molecule has 27 heavy (non-hydrogen) atoms. The molecular weight excluding hydrogens is 356 g/mol. The normalized spacial score (nSPS) is 24.7. The van der Waals surface area contributed by atoms with E-state index in [2.05, 4.69) is 21.3 Å². The monoisotopic (exact) mass is 384 g/mol. The van der Waals surface area contributed by atoms with Gasteiger partial charge in [-0.3, -0.25) is 14.4 Å². The molecule has 2 amide bonds. The van der Waals surface area contributed by atoms with E-state index in [-0.39, 0.29) is 38.3 Å². The third-order valence-corrected chi connectivity index (χ3v) is 4.23. The maximum absolute atomic E-state index is 12.1. The second kappa shape index (κ2) is 10.3. The number of carbonyl (C=O) groups is 3. The molecule has 0 spiro atoms. The predicted octanol–water partition coefficient (Wildman–Crippen LogP) is -1.29. The summed E-state index contributed by atoms with van der Waals surface area (Å²) in [6.45, 7) is 3.55. The summed E-state index contributed by atoms with van der Waals surface area (Å²) in [5.41, 5.74) is -0.594. The summed E-state index contributed by atoms with van der Waals surface area (Å²) in [6.07, 6.45) is 0.830. The smallest absolute Gasteiger partial charge is 0.306 e. The van der Waals surface area contributed by atoms with Crippen molar-refractivity contribution in [3.05, 3.63) is 0 Å². The highest BCUT2D eigenvalue weighted by Gasteiger charge is 2.43. The first-order valence-electron chi connectivity index (χ1n) is 8.65. The lowest BCUT2D eigenvalue weighted by molar-refractivity contribution is -0.143. The van der Waals surface area contributed by atoms with E-state index in [0.717, 1.165) is 0 Å². The molecule has 4 N–H and O–H groups in total. The number of hydrogen-bond acceptors (Lipinski definition) is 7. The molecule has 1 aliphatic rings. The Hall–Kier alpha value is -2.15. The lowest BCUT2D eigenvalue weighted by atomic mass is 9.85. The number of nitrogens with one attached hydrogen (secondary N) is 2. The van der Waals surface area contributed by atoms with Crippen molar-refractivity contribution in [3.63, 3.8) is 0 Å². The molecule has 9 heteroatoms. The molecule has 4 atom stereocenters. The third-order valence-electron chi connectivity index (χ3n) is 4.23. The van der Waals surface area contributed by atoms with Crippen LogP contribution in [0.3, 0.4) is 0 Å². The maximum Gasteiger partial charge on any atom is 0.306 e. The summed E-state index contributed by atoms with van der Waals surface area (Å²) in [4.78, 5) is 35.1. The Morgan fingerprint density at radius 1 is 1.11 bits per heavy atom. The lowest BCUT2D eigenvalue weighted by Crippen LogP contribution is -2.41. The molecule has 0 aromatic heterocycles. The molecule has 1 saturated heterocycles. The summed E-state index contributed by atoms with van der Waals surface area (Å²) in [5.74, 6) is 1.12. The number of esters is 1. The second-order valence-electron chi connectivity index (χ2n) is 7.28. The van der Waals surface area contributed by atoms with Gasteiger partial charge >= 0.3 is 5.97 Å². The van der Waals surface area contributed by atoms with E-state index in [4.69, 9.17) is 11.2 Å². The Balaban J connectivity index is 2.48. The van der Waals surface area contributed by atoms with Gasteiger partial charge in [-0.15, -0.1) is 6.42 Å². The highest BCUT2D eigenvalue weighted by molar-refractivity contribution is 5.78. The van der Waals surface area contributed by atoms with Crippen LogP contribution in [0.4, 0.5) is 0 Å². The average Bonchev–Trinajstić information content (AvgIpc) is 2.85. The molecule has 1 aliphatic heterocycles. The standard InChI is InChI=1S/C18H28N2O7/c1-5-6-19-13(21)7-11-16(24)17(25)12(27-11)10-20-14(22)8-18(2,3)9-15(23)26-4/h1,11-12,16-17,24-25H,6-10H2,2-4H3,(H,19,21)(H,20,22)/t11-,12+,16-,17+/m0/s1. The van der Waals surface area contributed by atoms with Gasteiger partial charge < -0.3 is 30.3 Å². The number of amides is 2. The second-order valence-corrected chi connectivity index (χ2v) is 7.28. The number of methoxy groups -OCH3 is 1. The van der Waals surface area contributed by atoms with E-state index < -0.39 is 41.7 Å². The molecule has 0 unspecified atom stereocenters. The van der Waals surface area contributed by atoms with Crippen LogP contribution in [0.15, 0.2) is 0 Å². The molecule has 1 rings (SSSR count). The van der Waals surface area contributed by atoms with E-state index in [9.17, 15) is 24.6 Å². The highest BCUT2D eigenvalue weighted by Crippen LogP contribution is 2.26. The first-order chi connectivity index (χ1) is 12.6. The number of aliphatic hydroxyl groups excluding tert-OH is 2. The maximum atomic E-state index is 12.1. The summed E-state index contributed by atoms with van der Waals surface area (Å²) in [6, 6.07) is 0. The van der Waals surface area contributed by atoms with E-state index in [1.165, 1.54) is 7.11 Å². The molecule has 0 saturated carbocycles. The van der Waals surface area contributed by atoms with Gasteiger partial charge in [0.2, 0.25) is 11.8 Å². The molecule has 9 nitrogen and oxygen atoms in total. The minimum atomic E-state index is -1.25. The summed E-state index contributed by atoms with van der Waals surface area (Å²) in [7, 11) is 1.28. The highest BCUT2D eigenvalue weighted by atomic mass is 16.5. The van der Waals surface area contributed by atoms with Crippen molar-refractivity contribution in [2.45, 2.75) is 57.5 Å². The Morgan fingerprint density at radius 2 is 1.74 bits per heavy atom. The topological polar surface area (TPSA) is 134 Å². The van der Waals surface area contributed by atoms with Gasteiger partial charge in [0.1, 0.15) is 18.3 Å². The Labute approximate surface area is 158 Å².